The highest BCUT2D eigenvalue weighted by Gasteiger charge is 2.15. The molecular formula is C11H16N2O3. The summed E-state index contributed by atoms with van der Waals surface area (Å²) in [6.45, 7) is 7.18. The van der Waals surface area contributed by atoms with Gasteiger partial charge >= 0.3 is 6.09 Å². The molecule has 0 saturated carbocycles. The number of carbonyl (C=O) groups excluding carboxylic acids is 1. The van der Waals surface area contributed by atoms with E-state index in [1.165, 1.54) is 6.21 Å². The van der Waals surface area contributed by atoms with Gasteiger partial charge in [0.15, 0.2) is 0 Å². The summed E-state index contributed by atoms with van der Waals surface area (Å²) in [6.07, 6.45) is 0.823. The van der Waals surface area contributed by atoms with Crippen molar-refractivity contribution in [3.63, 3.8) is 0 Å². The van der Waals surface area contributed by atoms with Crippen LogP contribution in [-0.2, 0) is 4.74 Å². The maximum absolute atomic E-state index is 11.2. The fraction of sp³-hybridized carbons (Fsp3) is 0.455. The van der Waals surface area contributed by atoms with E-state index in [9.17, 15) is 4.79 Å². The van der Waals surface area contributed by atoms with Gasteiger partial charge in [-0.3, -0.25) is 0 Å². The topological polar surface area (TPSA) is 63.8 Å². The average molecular weight is 224 g/mol. The molecule has 0 aliphatic carbocycles. The van der Waals surface area contributed by atoms with Crippen molar-refractivity contribution in [2.24, 2.45) is 5.10 Å². The molecule has 1 heterocycles. The Morgan fingerprint density at radius 2 is 2.19 bits per heavy atom. The summed E-state index contributed by atoms with van der Waals surface area (Å²) in [5.41, 5.74) is 1.72. The molecule has 0 aliphatic heterocycles. The number of hydrazone groups is 1. The Bertz CT molecular complexity index is 388. The Labute approximate surface area is 94.5 Å². The highest BCUT2D eigenvalue weighted by atomic mass is 16.6. The smallest absolute Gasteiger partial charge is 0.428 e. The highest BCUT2D eigenvalue weighted by molar-refractivity contribution is 5.77. The molecule has 1 rings (SSSR count). The number of nitrogens with one attached hydrogen (secondary N) is 1. The second kappa shape index (κ2) is 4.83. The first kappa shape index (κ1) is 12.3. The molecule has 0 atom stereocenters. The van der Waals surface area contributed by atoms with Crippen LogP contribution in [0.2, 0.25) is 0 Å². The SMILES string of the molecule is Cc1ccc(C=NNC(=O)OC(C)(C)C)o1. The summed E-state index contributed by atoms with van der Waals surface area (Å²) in [6, 6.07) is 3.57. The van der Waals surface area contributed by atoms with Crippen LogP contribution >= 0.6 is 0 Å². The molecular weight excluding hydrogens is 208 g/mol. The van der Waals surface area contributed by atoms with Gasteiger partial charge in [-0.15, -0.1) is 0 Å². The highest BCUT2D eigenvalue weighted by Crippen LogP contribution is 2.06. The normalized spacial score (nSPS) is 11.8. The minimum atomic E-state index is -0.591. The van der Waals surface area contributed by atoms with Gasteiger partial charge in [0.25, 0.3) is 0 Å². The molecule has 88 valence electrons. The van der Waals surface area contributed by atoms with Gasteiger partial charge < -0.3 is 9.15 Å². The van der Waals surface area contributed by atoms with E-state index in [0.717, 1.165) is 5.76 Å². The van der Waals surface area contributed by atoms with Gasteiger partial charge in [0, 0.05) is 0 Å². The van der Waals surface area contributed by atoms with Crippen LogP contribution in [-0.4, -0.2) is 17.9 Å². The number of amides is 1. The number of hydrogen-bond acceptors (Lipinski definition) is 4. The maximum atomic E-state index is 11.2. The van der Waals surface area contributed by atoms with E-state index in [0.29, 0.717) is 5.76 Å². The lowest BCUT2D eigenvalue weighted by molar-refractivity contribution is 0.0529. The van der Waals surface area contributed by atoms with E-state index in [-0.39, 0.29) is 0 Å². The lowest BCUT2D eigenvalue weighted by Gasteiger charge is -2.18. The van der Waals surface area contributed by atoms with Gasteiger partial charge in [-0.05, 0) is 39.8 Å². The fourth-order valence-electron chi connectivity index (χ4n) is 0.972. The zero-order valence-electron chi connectivity index (χ0n) is 9.90. The monoisotopic (exact) mass is 224 g/mol. The molecule has 1 aromatic heterocycles. The van der Waals surface area contributed by atoms with Crippen LogP contribution in [0.4, 0.5) is 4.79 Å². The van der Waals surface area contributed by atoms with Crippen molar-refractivity contribution >= 4 is 12.3 Å². The van der Waals surface area contributed by atoms with E-state index in [1.54, 1.807) is 26.8 Å². The molecule has 1 aromatic rings. The van der Waals surface area contributed by atoms with E-state index in [2.05, 4.69) is 10.5 Å². The third kappa shape index (κ3) is 4.63. The predicted molar refractivity (Wildman–Crippen MR) is 60.4 cm³/mol. The molecule has 0 radical (unpaired) electrons. The van der Waals surface area contributed by atoms with E-state index in [4.69, 9.17) is 9.15 Å². The summed E-state index contributed by atoms with van der Waals surface area (Å²) >= 11 is 0. The first-order valence-electron chi connectivity index (χ1n) is 4.95. The second-order valence-electron chi connectivity index (χ2n) is 4.32. The molecule has 0 aromatic carbocycles. The van der Waals surface area contributed by atoms with Crippen molar-refractivity contribution in [3.8, 4) is 0 Å². The number of rotatable bonds is 2. The summed E-state index contributed by atoms with van der Waals surface area (Å²) in [7, 11) is 0. The molecule has 5 heteroatoms. The zero-order valence-corrected chi connectivity index (χ0v) is 9.90. The van der Waals surface area contributed by atoms with Crippen LogP contribution < -0.4 is 5.43 Å². The standard InChI is InChI=1S/C11H16N2O3/c1-8-5-6-9(15-8)7-12-13-10(14)16-11(2,3)4/h5-7H,1-4H3,(H,13,14). The first-order chi connectivity index (χ1) is 7.37. The molecule has 0 spiro atoms. The minimum absolute atomic E-state index is 0.527. The maximum Gasteiger partial charge on any atom is 0.428 e. The van der Waals surface area contributed by atoms with Crippen molar-refractivity contribution in [2.45, 2.75) is 33.3 Å². The molecule has 1 N–H and O–H groups in total. The number of carbonyl (C=O) groups is 1. The van der Waals surface area contributed by atoms with Crippen molar-refractivity contribution in [3.05, 3.63) is 23.7 Å². The third-order valence-electron chi connectivity index (χ3n) is 1.51. The molecule has 0 fully saturated rings. The quantitative estimate of drug-likeness (QED) is 0.620. The van der Waals surface area contributed by atoms with Crippen LogP contribution in [0, 0.1) is 6.92 Å². The van der Waals surface area contributed by atoms with Gasteiger partial charge in [-0.1, -0.05) is 0 Å². The largest absolute Gasteiger partial charge is 0.460 e. The Balaban J connectivity index is 2.40. The molecule has 0 aliphatic rings. The zero-order chi connectivity index (χ0) is 12.2. The van der Waals surface area contributed by atoms with Crippen molar-refractivity contribution in [2.75, 3.05) is 0 Å². The Morgan fingerprint density at radius 1 is 1.50 bits per heavy atom. The van der Waals surface area contributed by atoms with Crippen LogP contribution in [0.25, 0.3) is 0 Å². The van der Waals surface area contributed by atoms with E-state index < -0.39 is 11.7 Å². The second-order valence-corrected chi connectivity index (χ2v) is 4.32. The number of aryl methyl sites for hydroxylation is 1. The van der Waals surface area contributed by atoms with Crippen molar-refractivity contribution in [1.82, 2.24) is 5.43 Å². The Kier molecular flexibility index (Phi) is 3.71. The van der Waals surface area contributed by atoms with Gasteiger partial charge in [-0.2, -0.15) is 5.10 Å². The summed E-state index contributed by atoms with van der Waals surface area (Å²) in [4.78, 5) is 11.2. The van der Waals surface area contributed by atoms with Crippen molar-refractivity contribution in [1.29, 1.82) is 0 Å². The van der Waals surface area contributed by atoms with Crippen molar-refractivity contribution < 1.29 is 13.9 Å². The molecule has 0 unspecified atom stereocenters. The average Bonchev–Trinajstić information content (AvgIpc) is 2.48. The van der Waals surface area contributed by atoms with Crippen LogP contribution in [0.3, 0.4) is 0 Å². The van der Waals surface area contributed by atoms with Gasteiger partial charge in [0.05, 0.1) is 6.21 Å². The summed E-state index contributed by atoms with van der Waals surface area (Å²) in [5.74, 6) is 1.37. The van der Waals surface area contributed by atoms with E-state index >= 15 is 0 Å². The molecule has 0 saturated heterocycles. The fourth-order valence-corrected chi connectivity index (χ4v) is 0.972. The molecule has 5 nitrogen and oxygen atoms in total. The van der Waals surface area contributed by atoms with E-state index in [1.807, 2.05) is 13.0 Å². The molecule has 16 heavy (non-hydrogen) atoms. The minimum Gasteiger partial charge on any atom is -0.460 e. The van der Waals surface area contributed by atoms with Gasteiger partial charge in [0.1, 0.15) is 17.1 Å². The van der Waals surface area contributed by atoms with Crippen LogP contribution in [0.15, 0.2) is 21.7 Å². The summed E-state index contributed by atoms with van der Waals surface area (Å²) < 4.78 is 10.2. The number of ether oxygens (including phenoxy) is 1. The van der Waals surface area contributed by atoms with Gasteiger partial charge in [-0.25, -0.2) is 10.2 Å². The Morgan fingerprint density at radius 3 is 2.69 bits per heavy atom. The van der Waals surface area contributed by atoms with Crippen LogP contribution in [0.1, 0.15) is 32.3 Å². The molecule has 0 bridgehead atoms. The lowest BCUT2D eigenvalue weighted by atomic mass is 10.2. The third-order valence-corrected chi connectivity index (χ3v) is 1.51. The summed E-state index contributed by atoms with van der Waals surface area (Å²) in [5, 5.41) is 3.70. The molecule has 1 amide bonds. The number of hydrogen-bond donors (Lipinski definition) is 1. The number of nitrogens with zero attached hydrogens (tertiary/aromatic N) is 1. The number of furan rings is 1. The Hall–Kier alpha value is -1.78. The first-order valence-corrected chi connectivity index (χ1v) is 4.95. The van der Waals surface area contributed by atoms with Gasteiger partial charge in [0.2, 0.25) is 0 Å². The predicted octanol–water partition coefficient (Wildman–Crippen LogP) is 2.45. The lowest BCUT2D eigenvalue weighted by Crippen LogP contribution is -2.29. The van der Waals surface area contributed by atoms with Crippen LogP contribution in [0.5, 0.6) is 0 Å².